The van der Waals surface area contributed by atoms with Gasteiger partial charge in [0.25, 0.3) is 0 Å². The Balaban J connectivity index is 2.41. The van der Waals surface area contributed by atoms with E-state index < -0.39 is 0 Å². The van der Waals surface area contributed by atoms with E-state index in [1.54, 1.807) is 7.11 Å². The SMILES string of the molecule is COCCN(CC(C)C)CC1(N)CCCC1. The van der Waals surface area contributed by atoms with E-state index >= 15 is 0 Å². The van der Waals surface area contributed by atoms with Crippen molar-refractivity contribution in [3.05, 3.63) is 0 Å². The number of nitrogens with two attached hydrogens (primary N) is 1. The van der Waals surface area contributed by atoms with E-state index in [0.29, 0.717) is 5.92 Å². The number of hydrogen-bond donors (Lipinski definition) is 1. The van der Waals surface area contributed by atoms with Gasteiger partial charge in [0, 0.05) is 32.3 Å². The van der Waals surface area contributed by atoms with E-state index in [1.807, 2.05) is 0 Å². The predicted molar refractivity (Wildman–Crippen MR) is 68.5 cm³/mol. The highest BCUT2D eigenvalue weighted by atomic mass is 16.5. The molecule has 0 aromatic heterocycles. The highest BCUT2D eigenvalue weighted by molar-refractivity contribution is 4.92. The van der Waals surface area contributed by atoms with Gasteiger partial charge in [0.2, 0.25) is 0 Å². The van der Waals surface area contributed by atoms with Crippen molar-refractivity contribution < 1.29 is 4.74 Å². The van der Waals surface area contributed by atoms with Gasteiger partial charge in [-0.05, 0) is 18.8 Å². The van der Waals surface area contributed by atoms with Crippen LogP contribution >= 0.6 is 0 Å². The van der Waals surface area contributed by atoms with Gasteiger partial charge in [-0.25, -0.2) is 0 Å². The quantitative estimate of drug-likeness (QED) is 0.723. The molecule has 0 amide bonds. The molecule has 0 aliphatic heterocycles. The zero-order valence-corrected chi connectivity index (χ0v) is 11.2. The van der Waals surface area contributed by atoms with Crippen molar-refractivity contribution >= 4 is 0 Å². The van der Waals surface area contributed by atoms with Crippen LogP contribution in [0.2, 0.25) is 0 Å². The number of nitrogens with zero attached hydrogens (tertiary/aromatic N) is 1. The number of ether oxygens (including phenoxy) is 1. The van der Waals surface area contributed by atoms with Crippen LogP contribution in [0.5, 0.6) is 0 Å². The summed E-state index contributed by atoms with van der Waals surface area (Å²) in [5.41, 5.74) is 6.50. The minimum Gasteiger partial charge on any atom is -0.383 e. The van der Waals surface area contributed by atoms with E-state index in [1.165, 1.54) is 25.7 Å². The molecule has 16 heavy (non-hydrogen) atoms. The lowest BCUT2D eigenvalue weighted by atomic mass is 9.98. The summed E-state index contributed by atoms with van der Waals surface area (Å²) in [5, 5.41) is 0. The molecule has 0 atom stereocenters. The van der Waals surface area contributed by atoms with Crippen LogP contribution in [0, 0.1) is 5.92 Å². The molecule has 0 bridgehead atoms. The van der Waals surface area contributed by atoms with Crippen LogP contribution in [0.4, 0.5) is 0 Å². The Kier molecular flexibility index (Phi) is 5.73. The third-order valence-corrected chi connectivity index (χ3v) is 3.37. The fourth-order valence-corrected chi connectivity index (χ4v) is 2.65. The molecule has 1 fully saturated rings. The monoisotopic (exact) mass is 228 g/mol. The number of hydrogen-bond acceptors (Lipinski definition) is 3. The first-order chi connectivity index (χ1) is 7.56. The second-order valence-electron chi connectivity index (χ2n) is 5.69. The summed E-state index contributed by atoms with van der Waals surface area (Å²) >= 11 is 0. The van der Waals surface area contributed by atoms with Crippen molar-refractivity contribution in [1.82, 2.24) is 4.90 Å². The second-order valence-corrected chi connectivity index (χ2v) is 5.69. The molecule has 0 saturated heterocycles. The minimum absolute atomic E-state index is 0.0721. The van der Waals surface area contributed by atoms with Crippen molar-refractivity contribution in [2.75, 3.05) is 33.4 Å². The van der Waals surface area contributed by atoms with Crippen LogP contribution in [0.3, 0.4) is 0 Å². The van der Waals surface area contributed by atoms with Crippen molar-refractivity contribution in [2.24, 2.45) is 11.7 Å². The molecule has 0 heterocycles. The zero-order chi connectivity index (χ0) is 12.0. The molecule has 0 unspecified atom stereocenters. The second kappa shape index (κ2) is 6.58. The van der Waals surface area contributed by atoms with Gasteiger partial charge in [-0.3, -0.25) is 4.90 Å². The lowest BCUT2D eigenvalue weighted by Crippen LogP contribution is -2.49. The van der Waals surface area contributed by atoms with E-state index in [4.69, 9.17) is 10.5 Å². The van der Waals surface area contributed by atoms with E-state index in [0.717, 1.165) is 26.2 Å². The first kappa shape index (κ1) is 13.9. The molecule has 3 nitrogen and oxygen atoms in total. The molecule has 1 rings (SSSR count). The first-order valence-corrected chi connectivity index (χ1v) is 6.56. The van der Waals surface area contributed by atoms with E-state index in [-0.39, 0.29) is 5.54 Å². The summed E-state index contributed by atoms with van der Waals surface area (Å²) < 4.78 is 5.17. The molecule has 0 aromatic carbocycles. The summed E-state index contributed by atoms with van der Waals surface area (Å²) in [4.78, 5) is 2.47. The van der Waals surface area contributed by atoms with E-state index in [2.05, 4.69) is 18.7 Å². The Hall–Kier alpha value is -0.120. The Morgan fingerprint density at radius 3 is 2.44 bits per heavy atom. The van der Waals surface area contributed by atoms with Crippen molar-refractivity contribution in [3.8, 4) is 0 Å². The van der Waals surface area contributed by atoms with Crippen LogP contribution in [0.25, 0.3) is 0 Å². The summed E-state index contributed by atoms with van der Waals surface area (Å²) in [6, 6.07) is 0. The largest absolute Gasteiger partial charge is 0.383 e. The fourth-order valence-electron chi connectivity index (χ4n) is 2.65. The molecular formula is C13H28N2O. The van der Waals surface area contributed by atoms with Gasteiger partial charge in [-0.1, -0.05) is 26.7 Å². The predicted octanol–water partition coefficient (Wildman–Crippen LogP) is 1.86. The number of rotatable bonds is 7. The summed E-state index contributed by atoms with van der Waals surface area (Å²) in [7, 11) is 1.77. The van der Waals surface area contributed by atoms with Gasteiger partial charge >= 0.3 is 0 Å². The molecule has 3 heteroatoms. The highest BCUT2D eigenvalue weighted by Gasteiger charge is 2.31. The first-order valence-electron chi connectivity index (χ1n) is 6.56. The molecule has 0 spiro atoms. The fraction of sp³-hybridized carbons (Fsp3) is 1.00. The van der Waals surface area contributed by atoms with Crippen molar-refractivity contribution in [2.45, 2.75) is 45.1 Å². The Morgan fingerprint density at radius 1 is 1.31 bits per heavy atom. The molecule has 2 N–H and O–H groups in total. The zero-order valence-electron chi connectivity index (χ0n) is 11.2. The van der Waals surface area contributed by atoms with Gasteiger partial charge < -0.3 is 10.5 Å². The van der Waals surface area contributed by atoms with Crippen LogP contribution in [0.1, 0.15) is 39.5 Å². The third-order valence-electron chi connectivity index (χ3n) is 3.37. The molecule has 1 saturated carbocycles. The highest BCUT2D eigenvalue weighted by Crippen LogP contribution is 2.28. The molecular weight excluding hydrogens is 200 g/mol. The summed E-state index contributed by atoms with van der Waals surface area (Å²) in [6.45, 7) is 8.50. The van der Waals surface area contributed by atoms with Crippen molar-refractivity contribution in [3.63, 3.8) is 0 Å². The Bertz CT molecular complexity index is 188. The van der Waals surface area contributed by atoms with Crippen molar-refractivity contribution in [1.29, 1.82) is 0 Å². The third kappa shape index (κ3) is 4.81. The van der Waals surface area contributed by atoms with Crippen LogP contribution in [-0.2, 0) is 4.74 Å². The Labute approximate surface area is 100 Å². The lowest BCUT2D eigenvalue weighted by molar-refractivity contribution is 0.122. The molecule has 1 aliphatic carbocycles. The molecule has 1 aliphatic rings. The lowest BCUT2D eigenvalue weighted by Gasteiger charge is -2.33. The van der Waals surface area contributed by atoms with Gasteiger partial charge in [0.15, 0.2) is 0 Å². The maximum Gasteiger partial charge on any atom is 0.0589 e. The molecule has 0 aromatic rings. The maximum atomic E-state index is 6.42. The summed E-state index contributed by atoms with van der Waals surface area (Å²) in [6.07, 6.45) is 4.98. The number of methoxy groups -OCH3 is 1. The van der Waals surface area contributed by atoms with E-state index in [9.17, 15) is 0 Å². The normalized spacial score (nSPS) is 19.9. The molecule has 0 radical (unpaired) electrons. The summed E-state index contributed by atoms with van der Waals surface area (Å²) in [5.74, 6) is 0.696. The van der Waals surface area contributed by atoms with Crippen LogP contribution < -0.4 is 5.73 Å². The van der Waals surface area contributed by atoms with Gasteiger partial charge in [-0.2, -0.15) is 0 Å². The standard InChI is InChI=1S/C13H28N2O/c1-12(2)10-15(8-9-16-3)11-13(14)6-4-5-7-13/h12H,4-11,14H2,1-3H3. The van der Waals surface area contributed by atoms with Gasteiger partial charge in [-0.15, -0.1) is 0 Å². The van der Waals surface area contributed by atoms with Crippen LogP contribution in [-0.4, -0.2) is 43.8 Å². The van der Waals surface area contributed by atoms with Crippen LogP contribution in [0.15, 0.2) is 0 Å². The van der Waals surface area contributed by atoms with Gasteiger partial charge in [0.05, 0.1) is 6.61 Å². The average molecular weight is 228 g/mol. The maximum absolute atomic E-state index is 6.42. The smallest absolute Gasteiger partial charge is 0.0589 e. The topological polar surface area (TPSA) is 38.5 Å². The van der Waals surface area contributed by atoms with Gasteiger partial charge in [0.1, 0.15) is 0 Å². The average Bonchev–Trinajstić information content (AvgIpc) is 2.60. The molecule has 96 valence electrons. The Morgan fingerprint density at radius 2 is 1.94 bits per heavy atom. The minimum atomic E-state index is 0.0721.